The molecule has 2 aliphatic rings. The number of carbonyl (C=O) groups excluding carboxylic acids is 4. The topological polar surface area (TPSA) is 114 Å². The minimum atomic E-state index is -1.21. The van der Waals surface area contributed by atoms with E-state index in [9.17, 15) is 19.2 Å². The van der Waals surface area contributed by atoms with Gasteiger partial charge in [-0.3, -0.25) is 19.2 Å². The molecule has 0 N–H and O–H groups in total. The number of carbonyl (C=O) groups is 4. The minimum absolute atomic E-state index is 0.263. The maximum Gasteiger partial charge on any atom is 0.303 e. The Labute approximate surface area is 253 Å². The lowest BCUT2D eigenvalue weighted by Crippen LogP contribution is -2.59. The predicted octanol–water partition coefficient (Wildman–Crippen LogP) is 5.43. The summed E-state index contributed by atoms with van der Waals surface area (Å²) in [5.41, 5.74) is 5.37. The highest BCUT2D eigenvalue weighted by Crippen LogP contribution is 2.39. The van der Waals surface area contributed by atoms with E-state index in [0.29, 0.717) is 17.9 Å². The molecule has 9 heteroatoms. The molecule has 1 aliphatic carbocycles. The van der Waals surface area contributed by atoms with E-state index in [4.69, 9.17) is 23.7 Å². The lowest BCUT2D eigenvalue weighted by atomic mass is 9.83. The Kier molecular flexibility index (Phi) is 11.0. The van der Waals surface area contributed by atoms with Crippen molar-refractivity contribution >= 4 is 23.9 Å². The Bertz CT molecular complexity index is 1300. The zero-order valence-electron chi connectivity index (χ0n) is 25.6. The average molecular weight is 595 g/mol. The third-order valence-electron chi connectivity index (χ3n) is 8.14. The molecule has 2 aromatic rings. The van der Waals surface area contributed by atoms with Crippen molar-refractivity contribution in [2.75, 3.05) is 6.61 Å². The summed E-state index contributed by atoms with van der Waals surface area (Å²) in [5.74, 6) is -1.87. The number of hydrogen-bond acceptors (Lipinski definition) is 9. The summed E-state index contributed by atoms with van der Waals surface area (Å²) in [5, 5.41) is 0. The molecule has 0 bridgehead atoms. The molecule has 1 saturated carbocycles. The molecule has 232 valence electrons. The highest BCUT2D eigenvalue weighted by molar-refractivity contribution is 5.69. The summed E-state index contributed by atoms with van der Waals surface area (Å²) < 4.78 is 28.4. The summed E-state index contributed by atoms with van der Waals surface area (Å²) in [6.45, 7) is 6.67. The summed E-state index contributed by atoms with van der Waals surface area (Å²) >= 11 is 0. The fourth-order valence-electron chi connectivity index (χ4n) is 6.12. The van der Waals surface area contributed by atoms with Crippen LogP contribution in [0.5, 0.6) is 0 Å². The first kappa shape index (κ1) is 32.2. The Balaban J connectivity index is 1.66. The van der Waals surface area contributed by atoms with Gasteiger partial charge in [-0.2, -0.15) is 0 Å². The van der Waals surface area contributed by atoms with Crippen LogP contribution in [0, 0.1) is 6.92 Å². The van der Waals surface area contributed by atoms with Gasteiger partial charge in [-0.15, -0.1) is 0 Å². The maximum absolute atomic E-state index is 12.3. The van der Waals surface area contributed by atoms with Gasteiger partial charge in [0.25, 0.3) is 0 Å². The lowest BCUT2D eigenvalue weighted by molar-refractivity contribution is -0.254. The average Bonchev–Trinajstić information content (AvgIpc) is 2.95. The van der Waals surface area contributed by atoms with E-state index < -0.39 is 54.4 Å². The third kappa shape index (κ3) is 8.66. The highest BCUT2D eigenvalue weighted by atomic mass is 16.7. The number of hydrogen-bond donors (Lipinski definition) is 0. The van der Waals surface area contributed by atoms with Crippen molar-refractivity contribution in [3.8, 4) is 0 Å². The third-order valence-corrected chi connectivity index (χ3v) is 8.14. The second-order valence-electron chi connectivity index (χ2n) is 11.6. The molecule has 43 heavy (non-hydrogen) atoms. The van der Waals surface area contributed by atoms with Gasteiger partial charge in [-0.25, -0.2) is 0 Å². The van der Waals surface area contributed by atoms with Gasteiger partial charge in [0.05, 0.1) is 0 Å². The molecule has 1 aliphatic heterocycles. The van der Waals surface area contributed by atoms with Gasteiger partial charge in [-0.1, -0.05) is 61.7 Å². The quantitative estimate of drug-likeness (QED) is 0.277. The molecule has 9 nitrogen and oxygen atoms in total. The van der Waals surface area contributed by atoms with Crippen LogP contribution in [0.1, 0.15) is 99.6 Å². The van der Waals surface area contributed by atoms with Crippen LogP contribution in [0.25, 0.3) is 0 Å². The van der Waals surface area contributed by atoms with Crippen LogP contribution in [-0.4, -0.2) is 54.9 Å². The van der Waals surface area contributed by atoms with E-state index in [1.807, 2.05) is 25.1 Å². The Hall–Kier alpha value is -3.72. The van der Waals surface area contributed by atoms with Crippen LogP contribution in [0.4, 0.5) is 0 Å². The van der Waals surface area contributed by atoms with E-state index >= 15 is 0 Å². The maximum atomic E-state index is 12.3. The minimum Gasteiger partial charge on any atom is -0.463 e. The molecule has 4 rings (SSSR count). The van der Waals surface area contributed by atoms with E-state index in [2.05, 4.69) is 24.3 Å². The van der Waals surface area contributed by atoms with Crippen molar-refractivity contribution in [2.45, 2.75) is 110 Å². The first-order chi connectivity index (χ1) is 20.5. The van der Waals surface area contributed by atoms with Crippen LogP contribution < -0.4 is 0 Å². The first-order valence-corrected chi connectivity index (χ1v) is 15.0. The van der Waals surface area contributed by atoms with Gasteiger partial charge < -0.3 is 23.7 Å². The van der Waals surface area contributed by atoms with E-state index in [-0.39, 0.29) is 6.61 Å². The molecule has 1 saturated heterocycles. The highest BCUT2D eigenvalue weighted by Gasteiger charge is 2.52. The van der Waals surface area contributed by atoms with Crippen molar-refractivity contribution in [3.63, 3.8) is 0 Å². The number of rotatable bonds is 9. The van der Waals surface area contributed by atoms with Crippen molar-refractivity contribution in [2.24, 2.45) is 0 Å². The molecular formula is C34H42O9. The van der Waals surface area contributed by atoms with Crippen molar-refractivity contribution < 1.29 is 42.9 Å². The first-order valence-electron chi connectivity index (χ1n) is 15.0. The van der Waals surface area contributed by atoms with Gasteiger partial charge in [-0.05, 0) is 59.9 Å². The molecule has 0 amide bonds. The Morgan fingerprint density at radius 1 is 0.721 bits per heavy atom. The molecule has 5 atom stereocenters. The predicted molar refractivity (Wildman–Crippen MR) is 157 cm³/mol. The van der Waals surface area contributed by atoms with Crippen LogP contribution in [0.15, 0.2) is 42.5 Å². The summed E-state index contributed by atoms with van der Waals surface area (Å²) in [6.07, 6.45) is 1.64. The van der Waals surface area contributed by atoms with E-state index in [1.165, 1.54) is 70.9 Å². The SMILES string of the molecule is CC(=O)OC[C@H]1OC(c2ccc(C)c(Cc3ccc(C4CCCCC4)cc3)c2)[C@H](OC(C)=O)[C@@H](OC(C)=O)[C@@H]1OC(C)=O. The second-order valence-corrected chi connectivity index (χ2v) is 11.6. The lowest BCUT2D eigenvalue weighted by Gasteiger charge is -2.44. The molecule has 0 radical (unpaired) electrons. The largest absolute Gasteiger partial charge is 0.463 e. The molecule has 1 heterocycles. The summed E-state index contributed by atoms with van der Waals surface area (Å²) in [4.78, 5) is 48.1. The molecule has 2 fully saturated rings. The van der Waals surface area contributed by atoms with Crippen molar-refractivity contribution in [1.29, 1.82) is 0 Å². The molecule has 1 unspecified atom stereocenters. The Morgan fingerprint density at radius 2 is 1.30 bits per heavy atom. The zero-order valence-corrected chi connectivity index (χ0v) is 25.6. The molecular weight excluding hydrogens is 552 g/mol. The van der Waals surface area contributed by atoms with E-state index in [0.717, 1.165) is 11.1 Å². The van der Waals surface area contributed by atoms with Crippen LogP contribution in [0.3, 0.4) is 0 Å². The number of benzene rings is 2. The van der Waals surface area contributed by atoms with Gasteiger partial charge in [0, 0.05) is 27.7 Å². The number of aryl methyl sites for hydroxylation is 1. The van der Waals surface area contributed by atoms with Gasteiger partial charge >= 0.3 is 23.9 Å². The van der Waals surface area contributed by atoms with Crippen molar-refractivity contribution in [3.05, 3.63) is 70.3 Å². The van der Waals surface area contributed by atoms with Crippen molar-refractivity contribution in [1.82, 2.24) is 0 Å². The van der Waals surface area contributed by atoms with Gasteiger partial charge in [0.15, 0.2) is 18.3 Å². The van der Waals surface area contributed by atoms with E-state index in [1.54, 1.807) is 0 Å². The fourth-order valence-corrected chi connectivity index (χ4v) is 6.12. The molecule has 0 aromatic heterocycles. The number of esters is 4. The second kappa shape index (κ2) is 14.6. The normalized spacial score (nSPS) is 24.1. The van der Waals surface area contributed by atoms with Crippen LogP contribution >= 0.6 is 0 Å². The monoisotopic (exact) mass is 594 g/mol. The standard InChI is InChI=1S/C34H42O9/c1-20-11-14-28(18-29(20)17-25-12-15-27(16-13-25)26-9-7-6-8-10-26)31-33(41-23(4)37)34(42-24(5)38)32(40-22(3)36)30(43-31)19-39-21(2)35/h11-16,18,26,30-34H,6-10,17,19H2,1-5H3/t30-,31?,32-,33+,34+/m1/s1. The van der Waals surface area contributed by atoms with Gasteiger partial charge in [0.2, 0.25) is 0 Å². The molecule has 2 aromatic carbocycles. The zero-order chi connectivity index (χ0) is 31.1. The van der Waals surface area contributed by atoms with Crippen LogP contribution in [-0.2, 0) is 49.3 Å². The van der Waals surface area contributed by atoms with Crippen LogP contribution in [0.2, 0.25) is 0 Å². The number of ether oxygens (including phenoxy) is 5. The fraction of sp³-hybridized carbons (Fsp3) is 0.529. The molecule has 0 spiro atoms. The Morgan fingerprint density at radius 3 is 1.91 bits per heavy atom. The summed E-state index contributed by atoms with van der Waals surface area (Å²) in [7, 11) is 0. The van der Waals surface area contributed by atoms with Gasteiger partial charge in [0.1, 0.15) is 18.8 Å². The smallest absolute Gasteiger partial charge is 0.303 e. The summed E-state index contributed by atoms with van der Waals surface area (Å²) in [6, 6.07) is 14.7.